The van der Waals surface area contributed by atoms with Crippen molar-refractivity contribution in [2.45, 2.75) is 26.7 Å². The molecule has 0 aliphatic carbocycles. The molecular weight excluding hydrogens is 318 g/mol. The highest BCUT2D eigenvalue weighted by Crippen LogP contribution is 2.36. The number of nitro groups is 2. The molecule has 0 aliphatic heterocycles. The number of hydrogen-bond donors (Lipinski definition) is 2. The molecule has 0 amide bonds. The van der Waals surface area contributed by atoms with Gasteiger partial charge in [0.25, 0.3) is 11.6 Å². The zero-order valence-electron chi connectivity index (χ0n) is 13.0. The number of benzene rings is 1. The first-order chi connectivity index (χ1) is 11.4. The molecule has 1 aromatic carbocycles. The second kappa shape index (κ2) is 6.86. The van der Waals surface area contributed by atoms with E-state index in [1.54, 1.807) is 0 Å². The lowest BCUT2D eigenvalue weighted by molar-refractivity contribution is -0.446. The summed E-state index contributed by atoms with van der Waals surface area (Å²) < 4.78 is 0. The summed E-state index contributed by atoms with van der Waals surface area (Å²) in [5.74, 6) is -0.411. The summed E-state index contributed by atoms with van der Waals surface area (Å²) >= 11 is 0. The molecule has 10 heteroatoms. The third-order valence-corrected chi connectivity index (χ3v) is 3.38. The summed E-state index contributed by atoms with van der Waals surface area (Å²) in [7, 11) is 0. The van der Waals surface area contributed by atoms with Gasteiger partial charge in [0, 0.05) is 17.2 Å². The maximum atomic E-state index is 10.8. The van der Waals surface area contributed by atoms with E-state index in [4.69, 9.17) is 0 Å². The fourth-order valence-electron chi connectivity index (χ4n) is 2.36. The highest BCUT2D eigenvalue weighted by atomic mass is 16.7. The lowest BCUT2D eigenvalue weighted by Gasteiger charge is -2.14. The Morgan fingerprint density at radius 1 is 1.12 bits per heavy atom. The van der Waals surface area contributed by atoms with Crippen LogP contribution in [0.25, 0.3) is 11.1 Å². The molecule has 0 unspecified atom stereocenters. The van der Waals surface area contributed by atoms with Gasteiger partial charge in [-0.1, -0.05) is 19.3 Å². The van der Waals surface area contributed by atoms with E-state index in [0.717, 1.165) is 6.07 Å². The molecule has 24 heavy (non-hydrogen) atoms. The van der Waals surface area contributed by atoms with Crippen LogP contribution in [-0.2, 0) is 12.8 Å². The van der Waals surface area contributed by atoms with E-state index >= 15 is 0 Å². The van der Waals surface area contributed by atoms with Gasteiger partial charge < -0.3 is 5.11 Å². The van der Waals surface area contributed by atoms with Crippen molar-refractivity contribution in [3.8, 4) is 16.9 Å². The van der Waals surface area contributed by atoms with E-state index < -0.39 is 9.96 Å². The standard InChI is InChI=1S/C14H15N5O5/c1-3-10-13(9-6-5-8(18(21)22)7-12(9)20)11(4-2)16-14(15-10)17-19(23)24/h5-7,20H,3-4H2,1-2H3,(H,15,16,17). The number of hydrogen-bond acceptors (Lipinski definition) is 7. The topological polar surface area (TPSA) is 144 Å². The second-order valence-corrected chi connectivity index (χ2v) is 4.85. The maximum absolute atomic E-state index is 10.8. The van der Waals surface area contributed by atoms with Crippen LogP contribution < -0.4 is 5.43 Å². The van der Waals surface area contributed by atoms with Gasteiger partial charge in [-0.05, 0) is 18.9 Å². The third-order valence-electron chi connectivity index (χ3n) is 3.38. The molecule has 1 aromatic heterocycles. The van der Waals surface area contributed by atoms with Crippen LogP contribution in [0.5, 0.6) is 5.75 Å². The highest BCUT2D eigenvalue weighted by molar-refractivity contribution is 5.76. The molecule has 0 aliphatic rings. The number of anilines is 1. The number of aromatic nitrogens is 2. The number of nitrogens with zero attached hydrogens (tertiary/aromatic N) is 4. The molecule has 0 spiro atoms. The van der Waals surface area contributed by atoms with E-state index in [2.05, 4.69) is 9.97 Å². The summed E-state index contributed by atoms with van der Waals surface area (Å²) in [5, 5.41) is 30.8. The summed E-state index contributed by atoms with van der Waals surface area (Å²) in [6.07, 6.45) is 0.876. The van der Waals surface area contributed by atoms with E-state index in [1.165, 1.54) is 12.1 Å². The van der Waals surface area contributed by atoms with Gasteiger partial charge in [-0.3, -0.25) is 10.1 Å². The number of aryl methyl sites for hydroxylation is 2. The van der Waals surface area contributed by atoms with Crippen LogP contribution in [0.2, 0.25) is 0 Å². The number of hydrazine groups is 1. The van der Waals surface area contributed by atoms with Gasteiger partial charge in [-0.2, -0.15) is 0 Å². The van der Waals surface area contributed by atoms with Crippen LogP contribution in [0.4, 0.5) is 11.6 Å². The van der Waals surface area contributed by atoms with Gasteiger partial charge in [0.15, 0.2) is 5.03 Å². The quantitative estimate of drug-likeness (QED) is 0.606. The first-order valence-electron chi connectivity index (χ1n) is 7.15. The summed E-state index contributed by atoms with van der Waals surface area (Å²) in [6.45, 7) is 3.62. The van der Waals surface area contributed by atoms with Crippen molar-refractivity contribution in [3.63, 3.8) is 0 Å². The molecule has 0 radical (unpaired) electrons. The maximum Gasteiger partial charge on any atom is 0.285 e. The lowest BCUT2D eigenvalue weighted by atomic mass is 9.98. The smallest absolute Gasteiger partial charge is 0.285 e. The molecule has 2 aromatic rings. The highest BCUT2D eigenvalue weighted by Gasteiger charge is 2.20. The van der Waals surface area contributed by atoms with Crippen molar-refractivity contribution in [2.75, 3.05) is 5.43 Å². The molecule has 1 heterocycles. The minimum Gasteiger partial charge on any atom is -0.507 e. The Labute approximate surface area is 136 Å². The first-order valence-corrected chi connectivity index (χ1v) is 7.15. The van der Waals surface area contributed by atoms with E-state index in [1.807, 2.05) is 19.3 Å². The van der Waals surface area contributed by atoms with Gasteiger partial charge in [0.05, 0.1) is 22.4 Å². The zero-order valence-corrected chi connectivity index (χ0v) is 13.0. The number of nitro benzene ring substituents is 1. The van der Waals surface area contributed by atoms with Crippen molar-refractivity contribution >= 4 is 11.6 Å². The number of aromatic hydroxyl groups is 1. The zero-order chi connectivity index (χ0) is 17.9. The van der Waals surface area contributed by atoms with Crippen molar-refractivity contribution in [1.29, 1.82) is 0 Å². The predicted molar refractivity (Wildman–Crippen MR) is 85.2 cm³/mol. The Kier molecular flexibility index (Phi) is 4.87. The number of phenolic OH excluding ortho intramolecular Hbond substituents is 1. The number of nitrogens with one attached hydrogen (secondary N) is 1. The van der Waals surface area contributed by atoms with Gasteiger partial charge in [-0.25, -0.2) is 20.1 Å². The molecule has 2 N–H and O–H groups in total. The van der Waals surface area contributed by atoms with Crippen molar-refractivity contribution < 1.29 is 15.1 Å². The molecule has 0 saturated heterocycles. The minimum absolute atomic E-state index is 0.140. The summed E-state index contributed by atoms with van der Waals surface area (Å²) in [6, 6.07) is 3.75. The number of phenols is 1. The minimum atomic E-state index is -0.753. The van der Waals surface area contributed by atoms with Gasteiger partial charge in [0.2, 0.25) is 0 Å². The third kappa shape index (κ3) is 3.37. The Balaban J connectivity index is 2.64. The largest absolute Gasteiger partial charge is 0.507 e. The van der Waals surface area contributed by atoms with Crippen LogP contribution in [0.1, 0.15) is 25.2 Å². The summed E-state index contributed by atoms with van der Waals surface area (Å²) in [4.78, 5) is 29.0. The number of rotatable bonds is 6. The van der Waals surface area contributed by atoms with Crippen molar-refractivity contribution in [1.82, 2.24) is 9.97 Å². The van der Waals surface area contributed by atoms with Crippen LogP contribution in [-0.4, -0.2) is 25.0 Å². The average Bonchev–Trinajstić information content (AvgIpc) is 2.53. The Bertz CT molecular complexity index is 783. The van der Waals surface area contributed by atoms with Gasteiger partial charge in [-0.15, -0.1) is 0 Å². The molecule has 0 atom stereocenters. The molecule has 0 bridgehead atoms. The molecular formula is C14H15N5O5. The monoisotopic (exact) mass is 333 g/mol. The van der Waals surface area contributed by atoms with Crippen molar-refractivity contribution in [3.05, 3.63) is 49.8 Å². The molecule has 126 valence electrons. The molecule has 2 rings (SSSR count). The fraction of sp³-hybridized carbons (Fsp3) is 0.286. The van der Waals surface area contributed by atoms with E-state index in [0.29, 0.717) is 35.4 Å². The average molecular weight is 333 g/mol. The van der Waals surface area contributed by atoms with Crippen LogP contribution >= 0.6 is 0 Å². The SMILES string of the molecule is CCc1nc(N[N+](=O)[O-])nc(CC)c1-c1ccc([N+](=O)[O-])cc1O. The van der Waals surface area contributed by atoms with Gasteiger partial charge in [0.1, 0.15) is 5.75 Å². The van der Waals surface area contributed by atoms with Crippen molar-refractivity contribution in [2.24, 2.45) is 0 Å². The van der Waals surface area contributed by atoms with Crippen LogP contribution in [0.15, 0.2) is 18.2 Å². The predicted octanol–water partition coefficient (Wildman–Crippen LogP) is 2.49. The Morgan fingerprint density at radius 2 is 1.71 bits per heavy atom. The normalized spacial score (nSPS) is 10.4. The molecule has 10 nitrogen and oxygen atoms in total. The van der Waals surface area contributed by atoms with Gasteiger partial charge >= 0.3 is 0 Å². The van der Waals surface area contributed by atoms with E-state index in [-0.39, 0.29) is 17.4 Å². The first kappa shape index (κ1) is 17.1. The number of non-ortho nitro benzene ring substituents is 1. The second-order valence-electron chi connectivity index (χ2n) is 4.85. The van der Waals surface area contributed by atoms with Crippen LogP contribution in [0, 0.1) is 20.2 Å². The Morgan fingerprint density at radius 3 is 2.12 bits per heavy atom. The fourth-order valence-corrected chi connectivity index (χ4v) is 2.36. The van der Waals surface area contributed by atoms with E-state index in [9.17, 15) is 25.3 Å². The Hall–Kier alpha value is -3.30. The molecule has 0 saturated carbocycles. The van der Waals surface area contributed by atoms with Crippen LogP contribution in [0.3, 0.4) is 0 Å². The molecule has 0 fully saturated rings. The summed E-state index contributed by atoms with van der Waals surface area (Å²) in [5.41, 5.74) is 3.55. The lowest BCUT2D eigenvalue weighted by Crippen LogP contribution is -2.14.